The van der Waals surface area contributed by atoms with Crippen LogP contribution in [0.4, 0.5) is 4.39 Å². The fourth-order valence-electron chi connectivity index (χ4n) is 3.48. The second kappa shape index (κ2) is 9.62. The van der Waals surface area contributed by atoms with Gasteiger partial charge in [0.05, 0.1) is 13.1 Å². The molecular weight excluding hydrogens is 405 g/mol. The highest BCUT2D eigenvalue weighted by Crippen LogP contribution is 2.26. The molecule has 1 aliphatic heterocycles. The van der Waals surface area contributed by atoms with Crippen LogP contribution in [0.3, 0.4) is 0 Å². The highest BCUT2D eigenvalue weighted by Gasteiger charge is 2.37. The van der Waals surface area contributed by atoms with Gasteiger partial charge in [-0.15, -0.1) is 0 Å². The zero-order valence-electron chi connectivity index (χ0n) is 17.6. The van der Waals surface area contributed by atoms with Crippen molar-refractivity contribution in [3.05, 3.63) is 64.5 Å². The van der Waals surface area contributed by atoms with Crippen LogP contribution in [0.2, 0.25) is 0 Å². The van der Waals surface area contributed by atoms with Gasteiger partial charge in [0.25, 0.3) is 5.91 Å². The lowest BCUT2D eigenvalue weighted by Crippen LogP contribution is -2.32. The number of hydrogen-bond acceptors (Lipinski definition) is 5. The van der Waals surface area contributed by atoms with E-state index in [1.165, 1.54) is 13.0 Å². The van der Waals surface area contributed by atoms with Crippen molar-refractivity contribution in [1.82, 2.24) is 4.90 Å². The van der Waals surface area contributed by atoms with Crippen molar-refractivity contribution in [3.63, 3.8) is 0 Å². The van der Waals surface area contributed by atoms with E-state index >= 15 is 0 Å². The van der Waals surface area contributed by atoms with Gasteiger partial charge in [-0.1, -0.05) is 29.5 Å². The van der Waals surface area contributed by atoms with E-state index in [0.717, 1.165) is 22.9 Å². The lowest BCUT2D eigenvalue weighted by atomic mass is 10.0. The summed E-state index contributed by atoms with van der Waals surface area (Å²) in [6.07, 6.45) is -0.665. The maximum atomic E-state index is 14.0. The molecule has 0 bridgehead atoms. The van der Waals surface area contributed by atoms with Crippen molar-refractivity contribution in [3.8, 4) is 5.75 Å². The summed E-state index contributed by atoms with van der Waals surface area (Å²) >= 11 is 1.05. The first-order valence-corrected chi connectivity index (χ1v) is 10.7. The van der Waals surface area contributed by atoms with Crippen molar-refractivity contribution < 1.29 is 23.5 Å². The fraction of sp³-hybridized carbons (Fsp3) is 0.391. The SMILES string of the molecule is CO[C@@H]1CN(C(=O)c2cc(C)ccc2C)C[C@H]1Oc1ccc(F)c(CSC(C)=O)c1. The Labute approximate surface area is 180 Å². The molecular formula is C23H26FNO4S. The molecule has 1 aliphatic rings. The van der Waals surface area contributed by atoms with E-state index in [9.17, 15) is 14.0 Å². The first-order valence-electron chi connectivity index (χ1n) is 9.76. The summed E-state index contributed by atoms with van der Waals surface area (Å²) in [7, 11) is 1.59. The number of hydrogen-bond donors (Lipinski definition) is 0. The molecule has 1 amide bonds. The number of halogens is 1. The normalized spacial score (nSPS) is 18.5. The number of rotatable bonds is 6. The van der Waals surface area contributed by atoms with E-state index in [2.05, 4.69) is 0 Å². The molecule has 1 fully saturated rings. The Morgan fingerprint density at radius 1 is 1.13 bits per heavy atom. The Bertz CT molecular complexity index is 949. The van der Waals surface area contributed by atoms with Crippen molar-refractivity contribution >= 4 is 22.8 Å². The number of methoxy groups -OCH3 is 1. The van der Waals surface area contributed by atoms with Crippen LogP contribution in [0.15, 0.2) is 36.4 Å². The summed E-state index contributed by atoms with van der Waals surface area (Å²) in [4.78, 5) is 26.0. The molecule has 1 heterocycles. The number of aryl methyl sites for hydroxylation is 2. The minimum Gasteiger partial charge on any atom is -0.486 e. The monoisotopic (exact) mass is 431 g/mol. The van der Waals surface area contributed by atoms with Crippen LogP contribution < -0.4 is 4.74 Å². The predicted octanol–water partition coefficient (Wildman–Crippen LogP) is 4.14. The molecule has 0 radical (unpaired) electrons. The van der Waals surface area contributed by atoms with Crippen LogP contribution in [0.1, 0.15) is 34.0 Å². The van der Waals surface area contributed by atoms with E-state index in [1.807, 2.05) is 32.0 Å². The number of carbonyl (C=O) groups is 2. The number of ether oxygens (including phenoxy) is 2. The molecule has 0 N–H and O–H groups in total. The van der Waals surface area contributed by atoms with E-state index in [4.69, 9.17) is 9.47 Å². The van der Waals surface area contributed by atoms with Crippen LogP contribution in [-0.2, 0) is 15.3 Å². The summed E-state index contributed by atoms with van der Waals surface area (Å²) in [6, 6.07) is 10.3. The largest absolute Gasteiger partial charge is 0.486 e. The maximum absolute atomic E-state index is 14.0. The first-order chi connectivity index (χ1) is 14.3. The Hall–Kier alpha value is -2.38. The predicted molar refractivity (Wildman–Crippen MR) is 115 cm³/mol. The van der Waals surface area contributed by atoms with Gasteiger partial charge in [0.1, 0.15) is 23.8 Å². The van der Waals surface area contributed by atoms with E-state index < -0.39 is 0 Å². The third-order valence-electron chi connectivity index (χ3n) is 5.16. The average molecular weight is 432 g/mol. The number of benzene rings is 2. The molecule has 0 aromatic heterocycles. The van der Waals surface area contributed by atoms with Crippen LogP contribution in [0, 0.1) is 19.7 Å². The maximum Gasteiger partial charge on any atom is 0.254 e. The standard InChI is InChI=1S/C23H26FNO4S/c1-14-5-6-15(2)19(9-14)23(27)25-11-21(28-4)22(12-25)29-18-7-8-20(24)17(10-18)13-30-16(3)26/h5-10,21-22H,11-13H2,1-4H3/t21-,22-/m1/s1. The minimum atomic E-state index is -0.377. The van der Waals surface area contributed by atoms with Crippen LogP contribution in [0.25, 0.3) is 0 Å². The molecule has 0 spiro atoms. The molecule has 30 heavy (non-hydrogen) atoms. The minimum absolute atomic E-state index is 0.0537. The molecule has 160 valence electrons. The van der Waals surface area contributed by atoms with Crippen molar-refractivity contribution in [2.45, 2.75) is 38.7 Å². The first kappa shape index (κ1) is 22.3. The number of thioether (sulfide) groups is 1. The van der Waals surface area contributed by atoms with Crippen LogP contribution >= 0.6 is 11.8 Å². The quantitative estimate of drug-likeness (QED) is 0.688. The zero-order valence-corrected chi connectivity index (χ0v) is 18.4. The third-order valence-corrected chi connectivity index (χ3v) is 6.03. The second-order valence-corrected chi connectivity index (χ2v) is 8.64. The van der Waals surface area contributed by atoms with Gasteiger partial charge in [0.2, 0.25) is 0 Å². The van der Waals surface area contributed by atoms with Crippen molar-refractivity contribution in [2.75, 3.05) is 20.2 Å². The average Bonchev–Trinajstić information content (AvgIpc) is 3.12. The number of amides is 1. The van der Waals surface area contributed by atoms with Gasteiger partial charge in [-0.2, -0.15) is 0 Å². The molecule has 5 nitrogen and oxygen atoms in total. The Morgan fingerprint density at radius 3 is 2.57 bits per heavy atom. The van der Waals surface area contributed by atoms with Gasteiger partial charge >= 0.3 is 0 Å². The highest BCUT2D eigenvalue weighted by atomic mass is 32.2. The van der Waals surface area contributed by atoms with E-state index in [0.29, 0.717) is 30.0 Å². The highest BCUT2D eigenvalue weighted by molar-refractivity contribution is 8.12. The van der Waals surface area contributed by atoms with E-state index in [-0.39, 0.29) is 34.8 Å². The summed E-state index contributed by atoms with van der Waals surface area (Å²) in [5.41, 5.74) is 3.04. The lowest BCUT2D eigenvalue weighted by molar-refractivity contribution is -0.109. The van der Waals surface area contributed by atoms with Crippen LogP contribution in [-0.4, -0.2) is 48.3 Å². The van der Waals surface area contributed by atoms with Gasteiger partial charge < -0.3 is 14.4 Å². The molecule has 1 saturated heterocycles. The van der Waals surface area contributed by atoms with Crippen LogP contribution in [0.5, 0.6) is 5.75 Å². The summed E-state index contributed by atoms with van der Waals surface area (Å²) < 4.78 is 25.7. The van der Waals surface area contributed by atoms with Gasteiger partial charge in [-0.05, 0) is 43.7 Å². The molecule has 0 saturated carbocycles. The topological polar surface area (TPSA) is 55.8 Å². The van der Waals surface area contributed by atoms with Gasteiger partial charge in [0.15, 0.2) is 5.12 Å². The third kappa shape index (κ3) is 5.21. The summed E-state index contributed by atoms with van der Waals surface area (Å²) in [5.74, 6) is 0.303. The van der Waals surface area contributed by atoms with Gasteiger partial charge in [-0.3, -0.25) is 9.59 Å². The van der Waals surface area contributed by atoms with Gasteiger partial charge in [-0.25, -0.2) is 4.39 Å². The fourth-order valence-corrected chi connectivity index (χ4v) is 4.06. The Kier molecular flexibility index (Phi) is 7.15. The zero-order chi connectivity index (χ0) is 21.8. The number of nitrogens with zero attached hydrogens (tertiary/aromatic N) is 1. The molecule has 3 rings (SSSR count). The smallest absolute Gasteiger partial charge is 0.254 e. The van der Waals surface area contributed by atoms with Crippen molar-refractivity contribution in [2.24, 2.45) is 0 Å². The van der Waals surface area contributed by atoms with Gasteiger partial charge in [0, 0.05) is 30.9 Å². The summed E-state index contributed by atoms with van der Waals surface area (Å²) in [5, 5.41) is -0.0726. The van der Waals surface area contributed by atoms with E-state index in [1.54, 1.807) is 24.1 Å². The number of carbonyl (C=O) groups excluding carboxylic acids is 2. The molecule has 0 aliphatic carbocycles. The Balaban J connectivity index is 1.74. The second-order valence-electron chi connectivity index (χ2n) is 7.49. The Morgan fingerprint density at radius 2 is 1.87 bits per heavy atom. The van der Waals surface area contributed by atoms with Crippen molar-refractivity contribution in [1.29, 1.82) is 0 Å². The number of likely N-dealkylation sites (tertiary alicyclic amines) is 1. The molecule has 7 heteroatoms. The summed E-state index contributed by atoms with van der Waals surface area (Å²) in [6.45, 7) is 6.12. The lowest BCUT2D eigenvalue weighted by Gasteiger charge is -2.19. The molecule has 0 unspecified atom stereocenters. The molecule has 2 aromatic carbocycles. The molecule has 2 aromatic rings. The molecule has 2 atom stereocenters.